The number of amides is 3. The minimum absolute atomic E-state index is 0.0246. The lowest BCUT2D eigenvalue weighted by Crippen LogP contribution is -2.50. The molecule has 0 aliphatic heterocycles. The molecule has 2 atom stereocenters. The van der Waals surface area contributed by atoms with Gasteiger partial charge in [0.25, 0.3) is 5.91 Å². The van der Waals surface area contributed by atoms with Crippen LogP contribution in [0.1, 0.15) is 34.3 Å². The Labute approximate surface area is 287 Å². The summed E-state index contributed by atoms with van der Waals surface area (Å²) in [5.74, 6) is -3.09. The van der Waals surface area contributed by atoms with Crippen LogP contribution in [0.2, 0.25) is 0 Å². The molecule has 0 radical (unpaired) electrons. The molecule has 0 aliphatic rings. The monoisotopic (exact) mass is 671 g/mol. The van der Waals surface area contributed by atoms with Crippen LogP contribution < -0.4 is 16.1 Å². The molecule has 0 aliphatic carbocycles. The number of halogens is 1. The van der Waals surface area contributed by atoms with Crippen LogP contribution in [0.25, 0.3) is 32.3 Å². The highest BCUT2D eigenvalue weighted by Crippen LogP contribution is 2.34. The maximum Gasteiger partial charge on any atom is 0.407 e. The highest BCUT2D eigenvalue weighted by atomic mass is 19.1. The first-order valence-electron chi connectivity index (χ1n) is 16.1. The standard InChI is InChI=1S/C40H34FN3O6/c1-25(37-33-15-6-3-10-28(33)21-29-11-4-7-16-34(29)37)24-49-40(48)43-35(22-30-13-8-12-26-9-2-5-14-32(26)30)38(46)42-23-36(45)44-50-39(47)27-17-19-31(41)20-18-27/h2-21,25,35H,22-24H2,1H3,(H,42,46)(H,43,48)(H,44,45)/t25?,35-/m0/s1. The van der Waals surface area contributed by atoms with Crippen LogP contribution in [-0.2, 0) is 25.6 Å². The van der Waals surface area contributed by atoms with Crippen LogP contribution in [0.4, 0.5) is 9.18 Å². The molecule has 6 rings (SSSR count). The Morgan fingerprint density at radius 2 is 1.32 bits per heavy atom. The molecular weight excluding hydrogens is 637 g/mol. The van der Waals surface area contributed by atoms with Crippen molar-refractivity contribution in [1.82, 2.24) is 16.1 Å². The van der Waals surface area contributed by atoms with Gasteiger partial charge in [-0.2, -0.15) is 5.48 Å². The summed E-state index contributed by atoms with van der Waals surface area (Å²) in [7, 11) is 0. The molecule has 0 bridgehead atoms. The molecule has 10 heteroatoms. The van der Waals surface area contributed by atoms with Crippen LogP contribution in [0.15, 0.2) is 121 Å². The Morgan fingerprint density at radius 3 is 2.00 bits per heavy atom. The number of carbonyl (C=O) groups is 4. The molecular formula is C40H34FN3O6. The maximum atomic E-state index is 13.5. The third-order valence-corrected chi connectivity index (χ3v) is 8.44. The van der Waals surface area contributed by atoms with E-state index in [1.165, 1.54) is 12.1 Å². The molecule has 0 saturated carbocycles. The lowest BCUT2D eigenvalue weighted by Gasteiger charge is -2.21. The summed E-state index contributed by atoms with van der Waals surface area (Å²) in [6.45, 7) is 1.49. The second kappa shape index (κ2) is 15.3. The summed E-state index contributed by atoms with van der Waals surface area (Å²) in [5, 5.41) is 11.4. The van der Waals surface area contributed by atoms with E-state index in [2.05, 4.69) is 41.0 Å². The normalized spacial score (nSPS) is 12.2. The number of alkyl carbamates (subject to hydrolysis) is 1. The summed E-state index contributed by atoms with van der Waals surface area (Å²) in [4.78, 5) is 56.1. The average molecular weight is 672 g/mol. The van der Waals surface area contributed by atoms with Crippen LogP contribution >= 0.6 is 0 Å². The third kappa shape index (κ3) is 7.87. The van der Waals surface area contributed by atoms with Crippen molar-refractivity contribution in [3.63, 3.8) is 0 Å². The number of rotatable bonds is 10. The van der Waals surface area contributed by atoms with Crippen molar-refractivity contribution < 1.29 is 33.1 Å². The Kier molecular flexibility index (Phi) is 10.3. The zero-order valence-electron chi connectivity index (χ0n) is 27.2. The van der Waals surface area contributed by atoms with Gasteiger partial charge in [0.1, 0.15) is 11.9 Å². The van der Waals surface area contributed by atoms with Crippen molar-refractivity contribution in [3.05, 3.63) is 144 Å². The van der Waals surface area contributed by atoms with Crippen molar-refractivity contribution in [2.45, 2.75) is 25.3 Å². The van der Waals surface area contributed by atoms with Crippen LogP contribution in [0.5, 0.6) is 0 Å². The number of fused-ring (bicyclic) bond motifs is 3. The molecule has 50 heavy (non-hydrogen) atoms. The Hall–Kier alpha value is -6.29. The topological polar surface area (TPSA) is 123 Å². The molecule has 6 aromatic rings. The molecule has 3 N–H and O–H groups in total. The smallest absolute Gasteiger partial charge is 0.407 e. The van der Waals surface area contributed by atoms with Gasteiger partial charge < -0.3 is 20.2 Å². The second-order valence-electron chi connectivity index (χ2n) is 11.9. The van der Waals surface area contributed by atoms with Gasteiger partial charge in [0.05, 0.1) is 18.7 Å². The minimum Gasteiger partial charge on any atom is -0.449 e. The zero-order chi connectivity index (χ0) is 35.0. The highest BCUT2D eigenvalue weighted by Gasteiger charge is 2.25. The van der Waals surface area contributed by atoms with E-state index in [0.29, 0.717) is 0 Å². The Morgan fingerprint density at radius 1 is 0.720 bits per heavy atom. The Balaban J connectivity index is 1.13. The third-order valence-electron chi connectivity index (χ3n) is 8.44. The fraction of sp³-hybridized carbons (Fsp3) is 0.150. The van der Waals surface area contributed by atoms with Crippen molar-refractivity contribution in [2.24, 2.45) is 0 Å². The number of nitrogens with one attached hydrogen (secondary N) is 3. The maximum absolute atomic E-state index is 13.5. The number of hydrogen-bond acceptors (Lipinski definition) is 6. The molecule has 6 aromatic carbocycles. The Bertz CT molecular complexity index is 2140. The fourth-order valence-corrected chi connectivity index (χ4v) is 6.02. The molecule has 0 fully saturated rings. The van der Waals surface area contributed by atoms with Crippen LogP contribution in [0, 0.1) is 5.82 Å². The summed E-state index contributed by atoms with van der Waals surface area (Å²) in [6.07, 6.45) is -0.688. The van der Waals surface area contributed by atoms with Crippen LogP contribution in [0.3, 0.4) is 0 Å². The summed E-state index contributed by atoms with van der Waals surface area (Å²) in [5.41, 5.74) is 3.85. The molecule has 0 spiro atoms. The first-order chi connectivity index (χ1) is 24.3. The van der Waals surface area contributed by atoms with Gasteiger partial charge in [-0.3, -0.25) is 9.59 Å². The number of hydrogen-bond donors (Lipinski definition) is 3. The van der Waals surface area contributed by atoms with Gasteiger partial charge in [-0.15, -0.1) is 0 Å². The van der Waals surface area contributed by atoms with E-state index < -0.39 is 42.3 Å². The van der Waals surface area contributed by atoms with E-state index in [9.17, 15) is 23.6 Å². The summed E-state index contributed by atoms with van der Waals surface area (Å²) >= 11 is 0. The first kappa shape index (κ1) is 33.6. The SMILES string of the molecule is CC(COC(=O)N[C@@H](Cc1cccc2ccccc12)C(=O)NCC(=O)NOC(=O)c1ccc(F)cc1)c1c2ccccc2cc2ccccc12. The number of benzene rings is 6. The van der Waals surface area contributed by atoms with Crippen molar-refractivity contribution in [3.8, 4) is 0 Å². The van der Waals surface area contributed by atoms with Crippen molar-refractivity contribution in [2.75, 3.05) is 13.2 Å². The molecule has 252 valence electrons. The van der Waals surface area contributed by atoms with E-state index in [0.717, 1.165) is 55.6 Å². The molecule has 0 aromatic heterocycles. The van der Waals surface area contributed by atoms with Gasteiger partial charge >= 0.3 is 12.1 Å². The first-order valence-corrected chi connectivity index (χ1v) is 16.1. The van der Waals surface area contributed by atoms with Crippen molar-refractivity contribution in [1.29, 1.82) is 0 Å². The van der Waals surface area contributed by atoms with Gasteiger partial charge in [0, 0.05) is 12.3 Å². The average Bonchev–Trinajstić information content (AvgIpc) is 3.14. The predicted molar refractivity (Wildman–Crippen MR) is 189 cm³/mol. The van der Waals surface area contributed by atoms with E-state index >= 15 is 0 Å². The van der Waals surface area contributed by atoms with E-state index in [-0.39, 0.29) is 24.5 Å². The quantitative estimate of drug-likeness (QED) is 0.110. The predicted octanol–water partition coefficient (Wildman–Crippen LogP) is 6.73. The number of carbonyl (C=O) groups excluding carboxylic acids is 4. The summed E-state index contributed by atoms with van der Waals surface area (Å²) < 4.78 is 18.9. The van der Waals surface area contributed by atoms with Crippen LogP contribution in [-0.4, -0.2) is 43.1 Å². The highest BCUT2D eigenvalue weighted by molar-refractivity contribution is 6.02. The lowest BCUT2D eigenvalue weighted by atomic mass is 9.89. The van der Waals surface area contributed by atoms with E-state index in [1.807, 2.05) is 79.1 Å². The molecule has 3 amide bonds. The summed E-state index contributed by atoms with van der Waals surface area (Å²) in [6, 6.07) is 35.1. The molecule has 0 heterocycles. The molecule has 0 saturated heterocycles. The number of ether oxygens (including phenoxy) is 1. The fourth-order valence-electron chi connectivity index (χ4n) is 6.02. The van der Waals surface area contributed by atoms with Gasteiger partial charge in [0.2, 0.25) is 5.91 Å². The zero-order valence-corrected chi connectivity index (χ0v) is 27.2. The molecule has 1 unspecified atom stereocenters. The van der Waals surface area contributed by atoms with Crippen molar-refractivity contribution >= 4 is 56.2 Å². The number of hydroxylamine groups is 1. The van der Waals surface area contributed by atoms with E-state index in [1.54, 1.807) is 0 Å². The van der Waals surface area contributed by atoms with Gasteiger partial charge in [0.15, 0.2) is 0 Å². The van der Waals surface area contributed by atoms with E-state index in [4.69, 9.17) is 9.57 Å². The molecule has 9 nitrogen and oxygen atoms in total. The van der Waals surface area contributed by atoms with Gasteiger partial charge in [-0.1, -0.05) is 97.9 Å². The van der Waals surface area contributed by atoms with Gasteiger partial charge in [-0.25, -0.2) is 14.0 Å². The second-order valence-corrected chi connectivity index (χ2v) is 11.9. The largest absolute Gasteiger partial charge is 0.449 e. The lowest BCUT2D eigenvalue weighted by molar-refractivity contribution is -0.132. The van der Waals surface area contributed by atoms with Gasteiger partial charge in [-0.05, 0) is 73.8 Å². The minimum atomic E-state index is -1.11.